The lowest BCUT2D eigenvalue weighted by Gasteiger charge is -2.10. The highest BCUT2D eigenvalue weighted by atomic mass is 35.5. The van der Waals surface area contributed by atoms with Crippen molar-refractivity contribution in [1.82, 2.24) is 15.0 Å². The summed E-state index contributed by atoms with van der Waals surface area (Å²) in [5, 5.41) is 3.20. The second-order valence-electron chi connectivity index (χ2n) is 4.52. The van der Waals surface area contributed by atoms with E-state index in [4.69, 9.17) is 23.2 Å². The SMILES string of the molecule is Cc1cc(Cl)nc(Cl)c1NC(=O)c1ccc2nc[nH]c2c1. The molecule has 2 N–H and O–H groups in total. The molecule has 2 aromatic heterocycles. The third kappa shape index (κ3) is 2.70. The number of hydrogen-bond donors (Lipinski definition) is 2. The van der Waals surface area contributed by atoms with Crippen LogP contribution in [0.25, 0.3) is 11.0 Å². The van der Waals surface area contributed by atoms with Crippen LogP contribution in [-0.2, 0) is 0 Å². The van der Waals surface area contributed by atoms with Crippen LogP contribution < -0.4 is 5.32 Å². The standard InChI is InChI=1S/C14H10Cl2N4O/c1-7-4-11(15)19-13(16)12(7)20-14(21)8-2-3-9-10(5-8)18-6-17-9/h2-6H,1H3,(H,17,18)(H,20,21). The van der Waals surface area contributed by atoms with Crippen molar-refractivity contribution in [2.24, 2.45) is 0 Å². The first kappa shape index (κ1) is 13.9. The van der Waals surface area contributed by atoms with E-state index in [0.717, 1.165) is 16.6 Å². The number of aromatic nitrogens is 3. The zero-order chi connectivity index (χ0) is 15.0. The molecule has 2 heterocycles. The first-order chi connectivity index (χ1) is 10.0. The van der Waals surface area contributed by atoms with E-state index in [1.165, 1.54) is 0 Å². The summed E-state index contributed by atoms with van der Waals surface area (Å²) in [5.74, 6) is -0.277. The fourth-order valence-corrected chi connectivity index (χ4v) is 2.59. The van der Waals surface area contributed by atoms with Crippen LogP contribution in [0.4, 0.5) is 5.69 Å². The van der Waals surface area contributed by atoms with Gasteiger partial charge in [0.2, 0.25) is 0 Å². The number of aryl methyl sites for hydroxylation is 1. The Hall–Kier alpha value is -2.11. The minimum atomic E-state index is -0.277. The van der Waals surface area contributed by atoms with Gasteiger partial charge in [0.05, 0.1) is 23.0 Å². The number of halogens is 2. The van der Waals surface area contributed by atoms with Gasteiger partial charge in [0.15, 0.2) is 5.15 Å². The van der Waals surface area contributed by atoms with E-state index in [1.54, 1.807) is 37.5 Å². The molecule has 7 heteroatoms. The summed E-state index contributed by atoms with van der Waals surface area (Å²) < 4.78 is 0. The van der Waals surface area contributed by atoms with Crippen LogP contribution >= 0.6 is 23.2 Å². The zero-order valence-corrected chi connectivity index (χ0v) is 12.5. The van der Waals surface area contributed by atoms with Crippen molar-refractivity contribution >= 4 is 45.8 Å². The fraction of sp³-hybridized carbons (Fsp3) is 0.0714. The topological polar surface area (TPSA) is 70.7 Å². The second kappa shape index (κ2) is 5.35. The molecule has 0 aliphatic rings. The number of aromatic amines is 1. The highest BCUT2D eigenvalue weighted by Crippen LogP contribution is 2.27. The van der Waals surface area contributed by atoms with Gasteiger partial charge in [0, 0.05) is 5.56 Å². The summed E-state index contributed by atoms with van der Waals surface area (Å²) in [6.45, 7) is 1.80. The maximum absolute atomic E-state index is 12.3. The van der Waals surface area contributed by atoms with E-state index in [-0.39, 0.29) is 16.2 Å². The second-order valence-corrected chi connectivity index (χ2v) is 5.26. The van der Waals surface area contributed by atoms with Gasteiger partial charge in [-0.1, -0.05) is 23.2 Å². The van der Waals surface area contributed by atoms with E-state index in [1.807, 2.05) is 0 Å². The molecule has 3 rings (SSSR count). The molecule has 0 radical (unpaired) electrons. The minimum absolute atomic E-state index is 0.163. The average molecular weight is 321 g/mol. The number of pyridine rings is 1. The van der Waals surface area contributed by atoms with Crippen LogP contribution in [-0.4, -0.2) is 20.9 Å². The number of nitrogens with one attached hydrogen (secondary N) is 2. The lowest BCUT2D eigenvalue weighted by Crippen LogP contribution is -2.13. The number of benzene rings is 1. The van der Waals surface area contributed by atoms with Crippen LogP contribution in [0.2, 0.25) is 10.3 Å². The van der Waals surface area contributed by atoms with E-state index in [2.05, 4.69) is 20.3 Å². The number of hydrogen-bond acceptors (Lipinski definition) is 3. The van der Waals surface area contributed by atoms with Crippen LogP contribution in [0.3, 0.4) is 0 Å². The van der Waals surface area contributed by atoms with Gasteiger partial charge in [-0.15, -0.1) is 0 Å². The molecule has 0 spiro atoms. The van der Waals surface area contributed by atoms with Crippen molar-refractivity contribution in [3.8, 4) is 0 Å². The van der Waals surface area contributed by atoms with Crippen molar-refractivity contribution in [2.45, 2.75) is 6.92 Å². The summed E-state index contributed by atoms with van der Waals surface area (Å²) in [7, 11) is 0. The van der Waals surface area contributed by atoms with E-state index in [9.17, 15) is 4.79 Å². The van der Waals surface area contributed by atoms with Gasteiger partial charge < -0.3 is 10.3 Å². The number of amides is 1. The summed E-state index contributed by atoms with van der Waals surface area (Å²) >= 11 is 11.8. The zero-order valence-electron chi connectivity index (χ0n) is 10.9. The van der Waals surface area contributed by atoms with Gasteiger partial charge >= 0.3 is 0 Å². The number of imidazole rings is 1. The number of carbonyl (C=O) groups excluding carboxylic acids is 1. The molecule has 106 valence electrons. The van der Waals surface area contributed by atoms with Crippen LogP contribution in [0.5, 0.6) is 0 Å². The van der Waals surface area contributed by atoms with Gasteiger partial charge in [0.1, 0.15) is 5.15 Å². The molecule has 21 heavy (non-hydrogen) atoms. The smallest absolute Gasteiger partial charge is 0.255 e. The highest BCUT2D eigenvalue weighted by Gasteiger charge is 2.13. The molecule has 0 aliphatic heterocycles. The summed E-state index contributed by atoms with van der Waals surface area (Å²) in [4.78, 5) is 23.3. The van der Waals surface area contributed by atoms with Crippen molar-refractivity contribution in [3.63, 3.8) is 0 Å². The number of fused-ring (bicyclic) bond motifs is 1. The Morgan fingerprint density at radius 1 is 1.29 bits per heavy atom. The maximum Gasteiger partial charge on any atom is 0.255 e. The van der Waals surface area contributed by atoms with Crippen LogP contribution in [0.1, 0.15) is 15.9 Å². The number of rotatable bonds is 2. The van der Waals surface area contributed by atoms with Crippen molar-refractivity contribution in [3.05, 3.63) is 52.0 Å². The molecule has 0 saturated carbocycles. The molecule has 0 saturated heterocycles. The number of carbonyl (C=O) groups is 1. The van der Waals surface area contributed by atoms with Gasteiger partial charge in [-0.3, -0.25) is 4.79 Å². The number of H-pyrrole nitrogens is 1. The first-order valence-corrected chi connectivity index (χ1v) is 6.87. The molecule has 1 aromatic carbocycles. The monoisotopic (exact) mass is 320 g/mol. The Balaban J connectivity index is 1.92. The lowest BCUT2D eigenvalue weighted by atomic mass is 10.1. The predicted molar refractivity (Wildman–Crippen MR) is 83.0 cm³/mol. The lowest BCUT2D eigenvalue weighted by molar-refractivity contribution is 0.102. The molecule has 0 bridgehead atoms. The Labute approximate surface area is 130 Å². The first-order valence-electron chi connectivity index (χ1n) is 6.12. The minimum Gasteiger partial charge on any atom is -0.345 e. The van der Waals surface area contributed by atoms with Crippen molar-refractivity contribution < 1.29 is 4.79 Å². The molecule has 3 aromatic rings. The Bertz CT molecular complexity index is 821. The van der Waals surface area contributed by atoms with Gasteiger partial charge in [0.25, 0.3) is 5.91 Å². The highest BCUT2D eigenvalue weighted by molar-refractivity contribution is 6.35. The fourth-order valence-electron chi connectivity index (χ4n) is 2.01. The molecule has 0 aliphatic carbocycles. The van der Waals surface area contributed by atoms with Gasteiger partial charge in [-0.05, 0) is 36.8 Å². The van der Waals surface area contributed by atoms with Crippen LogP contribution in [0, 0.1) is 6.92 Å². The molecule has 0 unspecified atom stereocenters. The van der Waals surface area contributed by atoms with Crippen LogP contribution in [0.15, 0.2) is 30.6 Å². The summed E-state index contributed by atoms with van der Waals surface area (Å²) in [6, 6.07) is 6.84. The molecule has 0 fully saturated rings. The Kier molecular flexibility index (Phi) is 3.53. The van der Waals surface area contributed by atoms with Crippen molar-refractivity contribution in [1.29, 1.82) is 0 Å². The molecule has 1 amide bonds. The maximum atomic E-state index is 12.3. The van der Waals surface area contributed by atoms with E-state index < -0.39 is 0 Å². The number of anilines is 1. The van der Waals surface area contributed by atoms with E-state index in [0.29, 0.717) is 11.3 Å². The predicted octanol–water partition coefficient (Wildman–Crippen LogP) is 3.83. The van der Waals surface area contributed by atoms with Gasteiger partial charge in [-0.2, -0.15) is 0 Å². The van der Waals surface area contributed by atoms with Crippen molar-refractivity contribution in [2.75, 3.05) is 5.32 Å². The third-order valence-corrected chi connectivity index (χ3v) is 3.53. The Morgan fingerprint density at radius 2 is 2.10 bits per heavy atom. The third-order valence-electron chi connectivity index (χ3n) is 3.06. The van der Waals surface area contributed by atoms with Gasteiger partial charge in [-0.25, -0.2) is 9.97 Å². The molecule has 5 nitrogen and oxygen atoms in total. The quantitative estimate of drug-likeness (QED) is 0.705. The summed E-state index contributed by atoms with van der Waals surface area (Å²) in [6.07, 6.45) is 1.58. The molecule has 0 atom stereocenters. The normalized spacial score (nSPS) is 10.8. The van der Waals surface area contributed by atoms with E-state index >= 15 is 0 Å². The molecular weight excluding hydrogens is 311 g/mol. The number of nitrogens with zero attached hydrogens (tertiary/aromatic N) is 2. The largest absolute Gasteiger partial charge is 0.345 e. The molecular formula is C14H10Cl2N4O. The Morgan fingerprint density at radius 3 is 2.86 bits per heavy atom. The summed E-state index contributed by atoms with van der Waals surface area (Å²) in [5.41, 5.74) is 3.29. The average Bonchev–Trinajstić information content (AvgIpc) is 2.89.